The summed E-state index contributed by atoms with van der Waals surface area (Å²) in [4.78, 5) is 4.58. The van der Waals surface area contributed by atoms with Gasteiger partial charge in [-0.1, -0.05) is 22.8 Å². The van der Waals surface area contributed by atoms with Gasteiger partial charge in [-0.3, -0.25) is 0 Å². The minimum Gasteiger partial charge on any atom is -0.399 e. The van der Waals surface area contributed by atoms with Crippen molar-refractivity contribution in [1.29, 1.82) is 0 Å². The van der Waals surface area contributed by atoms with Gasteiger partial charge in [0.2, 0.25) is 0 Å². The second-order valence-corrected chi connectivity index (χ2v) is 2.90. The van der Waals surface area contributed by atoms with E-state index in [1.807, 2.05) is 0 Å². The average molecular weight is 202 g/mol. The Kier molecular flexibility index (Phi) is 3.25. The lowest BCUT2D eigenvalue weighted by Crippen LogP contribution is -1.95. The number of rotatable bonds is 2. The molecule has 0 radical (unpaired) electrons. The van der Waals surface area contributed by atoms with Crippen molar-refractivity contribution in [3.05, 3.63) is 34.6 Å². The van der Waals surface area contributed by atoms with Crippen molar-refractivity contribution in [2.24, 2.45) is 5.16 Å². The Morgan fingerprint density at radius 1 is 1.54 bits per heavy atom. The molecule has 0 fully saturated rings. The molecule has 0 spiro atoms. The van der Waals surface area contributed by atoms with Gasteiger partial charge in [-0.25, -0.2) is 4.39 Å². The van der Waals surface area contributed by atoms with Gasteiger partial charge in [-0.2, -0.15) is 0 Å². The summed E-state index contributed by atoms with van der Waals surface area (Å²) in [6.45, 7) is 1.76. The van der Waals surface area contributed by atoms with Crippen LogP contribution in [-0.4, -0.2) is 12.8 Å². The monoisotopic (exact) mass is 201 g/mol. The number of halogens is 2. The molecule has 0 atom stereocenters. The molecule has 70 valence electrons. The van der Waals surface area contributed by atoms with E-state index in [2.05, 4.69) is 9.99 Å². The molecular formula is C9H9ClFNO. The van der Waals surface area contributed by atoms with Gasteiger partial charge in [0.25, 0.3) is 0 Å². The van der Waals surface area contributed by atoms with Gasteiger partial charge in [-0.15, -0.1) is 0 Å². The minimum absolute atomic E-state index is 0.0863. The Balaban J connectivity index is 3.04. The highest BCUT2D eigenvalue weighted by Gasteiger charge is 2.03. The zero-order valence-corrected chi connectivity index (χ0v) is 8.10. The second kappa shape index (κ2) is 4.23. The van der Waals surface area contributed by atoms with Crippen molar-refractivity contribution in [1.82, 2.24) is 0 Å². The normalized spacial score (nSPS) is 11.5. The van der Waals surface area contributed by atoms with Gasteiger partial charge in [0.1, 0.15) is 12.9 Å². The lowest BCUT2D eigenvalue weighted by Gasteiger charge is -2.00. The van der Waals surface area contributed by atoms with E-state index < -0.39 is 5.82 Å². The average Bonchev–Trinajstić information content (AvgIpc) is 2.10. The van der Waals surface area contributed by atoms with E-state index in [9.17, 15) is 4.39 Å². The fourth-order valence-electron chi connectivity index (χ4n) is 0.911. The van der Waals surface area contributed by atoms with E-state index in [-0.39, 0.29) is 5.02 Å². The van der Waals surface area contributed by atoms with Crippen molar-refractivity contribution in [3.63, 3.8) is 0 Å². The largest absolute Gasteiger partial charge is 0.399 e. The van der Waals surface area contributed by atoms with Gasteiger partial charge in [0, 0.05) is 5.56 Å². The standard InChI is InChI=1S/C9H9ClFNO/c1-6(12-13-2)7-3-4-9(11)8(10)5-7/h3-5H,1-2H3/b12-6-. The molecule has 0 heterocycles. The molecule has 0 saturated carbocycles. The van der Waals surface area contributed by atoms with Crippen LogP contribution in [0.1, 0.15) is 12.5 Å². The zero-order chi connectivity index (χ0) is 9.84. The van der Waals surface area contributed by atoms with E-state index in [1.165, 1.54) is 19.2 Å². The summed E-state index contributed by atoms with van der Waals surface area (Å²) in [5.41, 5.74) is 1.40. The Labute approximate surface area is 81.0 Å². The predicted octanol–water partition coefficient (Wildman–Crippen LogP) is 2.85. The molecule has 1 aromatic rings. The highest BCUT2D eigenvalue weighted by Crippen LogP contribution is 2.16. The van der Waals surface area contributed by atoms with E-state index in [1.54, 1.807) is 13.0 Å². The third-order valence-electron chi connectivity index (χ3n) is 1.57. The minimum atomic E-state index is -0.435. The first-order valence-electron chi connectivity index (χ1n) is 3.68. The first kappa shape index (κ1) is 9.99. The van der Waals surface area contributed by atoms with Crippen LogP contribution < -0.4 is 0 Å². The number of oxime groups is 1. The molecule has 0 amide bonds. The van der Waals surface area contributed by atoms with E-state index >= 15 is 0 Å². The van der Waals surface area contributed by atoms with E-state index in [0.717, 1.165) is 5.56 Å². The summed E-state index contributed by atoms with van der Waals surface area (Å²) >= 11 is 5.59. The fourth-order valence-corrected chi connectivity index (χ4v) is 1.09. The van der Waals surface area contributed by atoms with Crippen LogP contribution in [0.3, 0.4) is 0 Å². The van der Waals surface area contributed by atoms with Crippen LogP contribution in [0.15, 0.2) is 23.4 Å². The summed E-state index contributed by atoms with van der Waals surface area (Å²) in [5, 5.41) is 3.79. The quantitative estimate of drug-likeness (QED) is 0.533. The first-order valence-corrected chi connectivity index (χ1v) is 4.06. The highest BCUT2D eigenvalue weighted by atomic mass is 35.5. The van der Waals surface area contributed by atoms with Crippen LogP contribution >= 0.6 is 11.6 Å². The summed E-state index contributed by atoms with van der Waals surface area (Å²) in [6.07, 6.45) is 0. The molecular weight excluding hydrogens is 193 g/mol. The lowest BCUT2D eigenvalue weighted by atomic mass is 10.1. The number of benzene rings is 1. The smallest absolute Gasteiger partial charge is 0.141 e. The molecule has 13 heavy (non-hydrogen) atoms. The van der Waals surface area contributed by atoms with Crippen molar-refractivity contribution in [2.45, 2.75) is 6.92 Å². The second-order valence-electron chi connectivity index (χ2n) is 2.49. The SMILES string of the molecule is CO/N=C(/C)c1ccc(F)c(Cl)c1. The maximum atomic E-state index is 12.7. The molecule has 0 saturated heterocycles. The number of nitrogens with zero attached hydrogens (tertiary/aromatic N) is 1. The summed E-state index contributed by atoms with van der Waals surface area (Å²) in [5.74, 6) is -0.435. The molecule has 4 heteroatoms. The molecule has 0 N–H and O–H groups in total. The van der Waals surface area contributed by atoms with Crippen LogP contribution in [0, 0.1) is 5.82 Å². The van der Waals surface area contributed by atoms with Gasteiger partial charge in [0.05, 0.1) is 10.7 Å². The molecule has 0 bridgehead atoms. The first-order chi connectivity index (χ1) is 6.15. The summed E-state index contributed by atoms with van der Waals surface area (Å²) in [7, 11) is 1.45. The summed E-state index contributed by atoms with van der Waals surface area (Å²) < 4.78 is 12.7. The lowest BCUT2D eigenvalue weighted by molar-refractivity contribution is 0.213. The topological polar surface area (TPSA) is 21.6 Å². The van der Waals surface area contributed by atoms with Crippen molar-refractivity contribution in [3.8, 4) is 0 Å². The number of hydrogen-bond donors (Lipinski definition) is 0. The van der Waals surface area contributed by atoms with E-state index in [4.69, 9.17) is 11.6 Å². The Morgan fingerprint density at radius 3 is 2.77 bits per heavy atom. The van der Waals surface area contributed by atoms with Crippen LogP contribution in [0.5, 0.6) is 0 Å². The molecule has 0 aliphatic rings. The molecule has 0 aromatic heterocycles. The van der Waals surface area contributed by atoms with Crippen molar-refractivity contribution >= 4 is 17.3 Å². The maximum Gasteiger partial charge on any atom is 0.141 e. The number of hydrogen-bond acceptors (Lipinski definition) is 2. The van der Waals surface area contributed by atoms with Gasteiger partial charge in [0.15, 0.2) is 0 Å². The van der Waals surface area contributed by atoms with Crippen LogP contribution in [0.25, 0.3) is 0 Å². The molecule has 1 rings (SSSR count). The van der Waals surface area contributed by atoms with Crippen LogP contribution in [-0.2, 0) is 4.84 Å². The molecule has 1 aromatic carbocycles. The zero-order valence-electron chi connectivity index (χ0n) is 7.34. The molecule has 2 nitrogen and oxygen atoms in total. The Morgan fingerprint density at radius 2 is 2.23 bits per heavy atom. The van der Waals surface area contributed by atoms with Gasteiger partial charge >= 0.3 is 0 Å². The van der Waals surface area contributed by atoms with Crippen LogP contribution in [0.4, 0.5) is 4.39 Å². The molecule has 0 unspecified atom stereocenters. The maximum absolute atomic E-state index is 12.7. The van der Waals surface area contributed by atoms with Crippen molar-refractivity contribution < 1.29 is 9.23 Å². The molecule has 0 aliphatic heterocycles. The van der Waals surface area contributed by atoms with Crippen LogP contribution in [0.2, 0.25) is 5.02 Å². The third kappa shape index (κ3) is 2.42. The Hall–Kier alpha value is -1.09. The highest BCUT2D eigenvalue weighted by molar-refractivity contribution is 6.31. The summed E-state index contributed by atoms with van der Waals surface area (Å²) in [6, 6.07) is 4.40. The van der Waals surface area contributed by atoms with Gasteiger partial charge < -0.3 is 4.84 Å². The fraction of sp³-hybridized carbons (Fsp3) is 0.222. The molecule has 0 aliphatic carbocycles. The predicted molar refractivity (Wildman–Crippen MR) is 50.6 cm³/mol. The van der Waals surface area contributed by atoms with Crippen molar-refractivity contribution in [2.75, 3.05) is 7.11 Å². The Bertz CT molecular complexity index is 338. The van der Waals surface area contributed by atoms with E-state index in [0.29, 0.717) is 5.71 Å². The third-order valence-corrected chi connectivity index (χ3v) is 1.86. The van der Waals surface area contributed by atoms with Gasteiger partial charge in [-0.05, 0) is 19.1 Å².